The van der Waals surface area contributed by atoms with Gasteiger partial charge in [-0.3, -0.25) is 4.79 Å². The van der Waals surface area contributed by atoms with Gasteiger partial charge in [-0.1, -0.05) is 72.8 Å². The van der Waals surface area contributed by atoms with Gasteiger partial charge in [0, 0.05) is 11.6 Å². The van der Waals surface area contributed by atoms with E-state index in [1.165, 1.54) is 5.57 Å². The van der Waals surface area contributed by atoms with Crippen molar-refractivity contribution in [2.45, 2.75) is 79.7 Å². The molecule has 0 radical (unpaired) electrons. The zero-order chi connectivity index (χ0) is 18.3. The summed E-state index contributed by atoms with van der Waals surface area (Å²) in [4.78, 5) is 11.5. The average Bonchev–Trinajstić information content (AvgIpc) is 2.81. The summed E-state index contributed by atoms with van der Waals surface area (Å²) in [6.07, 6.45) is 12.2. The number of allylic oxidation sites excluding steroid dienone is 4. The van der Waals surface area contributed by atoms with Crippen LogP contribution in [-0.4, -0.2) is 11.9 Å². The molecule has 0 aromatic carbocycles. The predicted molar refractivity (Wildman–Crippen MR) is 105 cm³/mol. The van der Waals surface area contributed by atoms with Gasteiger partial charge in [-0.25, -0.2) is 0 Å². The zero-order valence-electron chi connectivity index (χ0n) is 16.6. The Bertz CT molecular complexity index is 480. The molecular weight excluding hydrogens is 294 g/mol. The second-order valence-corrected chi connectivity index (χ2v) is 8.29. The van der Waals surface area contributed by atoms with Crippen LogP contribution in [0.3, 0.4) is 0 Å². The van der Waals surface area contributed by atoms with E-state index in [-0.39, 0.29) is 17.4 Å². The molecule has 1 aliphatic rings. The molecule has 1 fully saturated rings. The van der Waals surface area contributed by atoms with Gasteiger partial charge in [0.15, 0.2) is 0 Å². The van der Waals surface area contributed by atoms with Gasteiger partial charge in [0.05, 0.1) is 0 Å². The Labute approximate surface area is 149 Å². The van der Waals surface area contributed by atoms with Crippen molar-refractivity contribution >= 4 is 5.91 Å². The smallest absolute Gasteiger partial charge is 0.246 e. The van der Waals surface area contributed by atoms with Crippen molar-refractivity contribution in [1.82, 2.24) is 5.32 Å². The summed E-state index contributed by atoms with van der Waals surface area (Å²) in [6.45, 7) is 17.6. The van der Waals surface area contributed by atoms with E-state index in [1.807, 2.05) is 0 Å². The second kappa shape index (κ2) is 9.25. The Morgan fingerprint density at radius 3 is 2.54 bits per heavy atom. The summed E-state index contributed by atoms with van der Waals surface area (Å²) in [5.41, 5.74) is 2.34. The third kappa shape index (κ3) is 6.30. The molecule has 1 heterocycles. The van der Waals surface area contributed by atoms with E-state index in [0.717, 1.165) is 37.7 Å². The van der Waals surface area contributed by atoms with Crippen LogP contribution in [0.25, 0.3) is 0 Å². The molecular formula is C22H37NO. The van der Waals surface area contributed by atoms with Crippen molar-refractivity contribution in [1.29, 1.82) is 0 Å². The number of amides is 1. The molecule has 1 aliphatic heterocycles. The van der Waals surface area contributed by atoms with Crippen LogP contribution in [0.1, 0.15) is 73.6 Å². The maximum absolute atomic E-state index is 11.5. The fourth-order valence-electron chi connectivity index (χ4n) is 3.06. The first-order chi connectivity index (χ1) is 11.2. The van der Waals surface area contributed by atoms with Crippen LogP contribution in [0, 0.1) is 17.3 Å². The van der Waals surface area contributed by atoms with Crippen molar-refractivity contribution in [3.05, 3.63) is 36.0 Å². The van der Waals surface area contributed by atoms with Crippen LogP contribution in [0.4, 0.5) is 0 Å². The molecule has 1 N–H and O–H groups in total. The molecule has 136 valence electrons. The average molecular weight is 332 g/mol. The first kappa shape index (κ1) is 20.7. The van der Waals surface area contributed by atoms with Crippen molar-refractivity contribution in [2.75, 3.05) is 0 Å². The van der Waals surface area contributed by atoms with Crippen molar-refractivity contribution < 1.29 is 4.79 Å². The van der Waals surface area contributed by atoms with E-state index in [9.17, 15) is 4.79 Å². The largest absolute Gasteiger partial charge is 0.349 e. The molecule has 0 aromatic heterocycles. The summed E-state index contributed by atoms with van der Waals surface area (Å²) >= 11 is 0. The summed E-state index contributed by atoms with van der Waals surface area (Å²) in [6, 6.07) is 0.286. The van der Waals surface area contributed by atoms with Gasteiger partial charge in [0.2, 0.25) is 5.91 Å². The molecule has 0 bridgehead atoms. The number of carbonyl (C=O) groups is 1. The maximum Gasteiger partial charge on any atom is 0.246 e. The lowest BCUT2D eigenvalue weighted by atomic mass is 9.77. The standard InChI is InChI=1S/C22H37NO/c1-8-9-11-19(14-17(4)16(2)3)22(6,7)13-10-12-20-15-18(5)21(24)23-20/h9,11,14,16-17,20H,5,8,10,12-13,15H2,1-4,6-7H3,(H,23,24)/b11-9-,19-14+. The summed E-state index contributed by atoms with van der Waals surface area (Å²) in [5.74, 6) is 1.28. The minimum absolute atomic E-state index is 0.0384. The Kier molecular flexibility index (Phi) is 7.99. The van der Waals surface area contributed by atoms with E-state index in [4.69, 9.17) is 0 Å². The highest BCUT2D eigenvalue weighted by atomic mass is 16.2. The molecule has 0 aliphatic carbocycles. The monoisotopic (exact) mass is 331 g/mol. The molecule has 2 nitrogen and oxygen atoms in total. The van der Waals surface area contributed by atoms with Crippen LogP contribution in [0.15, 0.2) is 36.0 Å². The van der Waals surface area contributed by atoms with Gasteiger partial charge >= 0.3 is 0 Å². The maximum atomic E-state index is 11.5. The summed E-state index contributed by atoms with van der Waals surface area (Å²) in [7, 11) is 0. The molecule has 2 heteroatoms. The van der Waals surface area contributed by atoms with E-state index >= 15 is 0 Å². The van der Waals surface area contributed by atoms with Crippen LogP contribution >= 0.6 is 0 Å². The molecule has 1 amide bonds. The molecule has 1 saturated heterocycles. The molecule has 0 aromatic rings. The fourth-order valence-corrected chi connectivity index (χ4v) is 3.06. The Morgan fingerprint density at radius 2 is 2.04 bits per heavy atom. The first-order valence-electron chi connectivity index (χ1n) is 9.54. The Hall–Kier alpha value is -1.31. The molecule has 2 unspecified atom stereocenters. The number of rotatable bonds is 9. The van der Waals surface area contributed by atoms with Crippen LogP contribution in [0.2, 0.25) is 0 Å². The van der Waals surface area contributed by atoms with Gasteiger partial charge in [-0.15, -0.1) is 0 Å². The highest BCUT2D eigenvalue weighted by Gasteiger charge is 2.26. The van der Waals surface area contributed by atoms with Gasteiger partial charge in [0.25, 0.3) is 0 Å². The lowest BCUT2D eigenvalue weighted by Gasteiger charge is -2.29. The predicted octanol–water partition coefficient (Wildman–Crippen LogP) is 5.81. The van der Waals surface area contributed by atoms with Crippen LogP contribution in [-0.2, 0) is 4.79 Å². The Morgan fingerprint density at radius 1 is 1.38 bits per heavy atom. The first-order valence-corrected chi connectivity index (χ1v) is 9.54. The third-order valence-corrected chi connectivity index (χ3v) is 5.31. The SMILES string of the molecule is C=C1CC(CCCC(C)(C)C(/C=C\CC)=C/C(C)C(C)C)NC1=O. The van der Waals surface area contributed by atoms with Crippen LogP contribution in [0.5, 0.6) is 0 Å². The lowest BCUT2D eigenvalue weighted by molar-refractivity contribution is -0.116. The topological polar surface area (TPSA) is 29.1 Å². The second-order valence-electron chi connectivity index (χ2n) is 8.29. The van der Waals surface area contributed by atoms with Crippen molar-refractivity contribution in [3.63, 3.8) is 0 Å². The highest BCUT2D eigenvalue weighted by Crippen LogP contribution is 2.35. The number of hydrogen-bond donors (Lipinski definition) is 1. The molecule has 2 atom stereocenters. The van der Waals surface area contributed by atoms with E-state index in [0.29, 0.717) is 11.8 Å². The highest BCUT2D eigenvalue weighted by molar-refractivity contribution is 5.95. The molecule has 0 saturated carbocycles. The van der Waals surface area contributed by atoms with Gasteiger partial charge in [-0.05, 0) is 48.5 Å². The number of hydrogen-bond acceptors (Lipinski definition) is 1. The number of nitrogens with one attached hydrogen (secondary N) is 1. The number of carbonyl (C=O) groups excluding carboxylic acids is 1. The quantitative estimate of drug-likeness (QED) is 0.419. The van der Waals surface area contributed by atoms with Gasteiger partial charge in [-0.2, -0.15) is 0 Å². The summed E-state index contributed by atoms with van der Waals surface area (Å²) < 4.78 is 0. The molecule has 0 spiro atoms. The minimum Gasteiger partial charge on any atom is -0.349 e. The van der Waals surface area contributed by atoms with Crippen molar-refractivity contribution in [3.8, 4) is 0 Å². The fraction of sp³-hybridized carbons (Fsp3) is 0.682. The normalized spacial score (nSPS) is 21.0. The summed E-state index contributed by atoms with van der Waals surface area (Å²) in [5, 5.41) is 3.03. The lowest BCUT2D eigenvalue weighted by Crippen LogP contribution is -2.26. The van der Waals surface area contributed by atoms with Crippen LogP contribution < -0.4 is 5.32 Å². The van der Waals surface area contributed by atoms with Gasteiger partial charge < -0.3 is 5.32 Å². The zero-order valence-corrected chi connectivity index (χ0v) is 16.6. The van der Waals surface area contributed by atoms with E-state index < -0.39 is 0 Å². The van der Waals surface area contributed by atoms with E-state index in [2.05, 4.69) is 71.7 Å². The third-order valence-electron chi connectivity index (χ3n) is 5.31. The molecule has 24 heavy (non-hydrogen) atoms. The van der Waals surface area contributed by atoms with E-state index in [1.54, 1.807) is 0 Å². The minimum atomic E-state index is 0.0384. The molecule has 1 rings (SSSR count). The van der Waals surface area contributed by atoms with Gasteiger partial charge in [0.1, 0.15) is 0 Å². The Balaban J connectivity index is 2.68. The van der Waals surface area contributed by atoms with Crippen molar-refractivity contribution in [2.24, 2.45) is 17.3 Å².